The monoisotopic (exact) mass is 393 g/mol. The quantitative estimate of drug-likeness (QED) is 0.710. The third kappa shape index (κ3) is 4.98. The van der Waals surface area contributed by atoms with Gasteiger partial charge in [-0.1, -0.05) is 6.07 Å². The molecule has 0 heterocycles. The Kier molecular flexibility index (Phi) is 7.75. The van der Waals surface area contributed by atoms with Crippen molar-refractivity contribution in [3.05, 3.63) is 58.7 Å². The molecule has 0 aliphatic heterocycles. The normalized spacial score (nSPS) is 10.6. The minimum atomic E-state index is -0.604. The predicted octanol–water partition coefficient (Wildman–Crippen LogP) is 3.36. The third-order valence-electron chi connectivity index (χ3n) is 4.57. The van der Waals surface area contributed by atoms with Crippen LogP contribution in [0.3, 0.4) is 0 Å². The van der Waals surface area contributed by atoms with Crippen LogP contribution in [0, 0.1) is 18.6 Å². The van der Waals surface area contributed by atoms with Gasteiger partial charge in [0.05, 0.1) is 20.8 Å². The van der Waals surface area contributed by atoms with Gasteiger partial charge in [0, 0.05) is 29.8 Å². The summed E-state index contributed by atoms with van der Waals surface area (Å²) in [4.78, 5) is 14.4. The molecule has 28 heavy (non-hydrogen) atoms. The molecule has 1 N–H and O–H groups in total. The number of hydrogen-bond acceptors (Lipinski definition) is 4. The minimum absolute atomic E-state index is 0.00225. The van der Waals surface area contributed by atoms with Gasteiger partial charge in [0.1, 0.15) is 23.1 Å². The lowest BCUT2D eigenvalue weighted by atomic mass is 10.1. The van der Waals surface area contributed by atoms with Crippen LogP contribution in [0.2, 0.25) is 0 Å². The Bertz CT molecular complexity index is 781. The van der Waals surface area contributed by atoms with Crippen LogP contribution in [0.25, 0.3) is 0 Å². The van der Waals surface area contributed by atoms with Crippen molar-refractivity contribution in [2.75, 3.05) is 33.9 Å². The van der Waals surface area contributed by atoms with Crippen molar-refractivity contribution in [2.45, 2.75) is 19.8 Å². The standard InChI is InChI=1S/C21H25F2NO4/c1-14-19(27-2)12-15(13-20(14)28-3)21(26)24(10-11-25)9-5-6-16-17(22)7-4-8-18(16)23/h4,7-8,12-13,25H,5-6,9-11H2,1-3H3. The number of halogens is 2. The number of carbonyl (C=O) groups excluding carboxylic acids is 1. The van der Waals surface area contributed by atoms with Crippen LogP contribution in [-0.2, 0) is 6.42 Å². The summed E-state index contributed by atoms with van der Waals surface area (Å²) < 4.78 is 38.1. The second-order valence-corrected chi connectivity index (χ2v) is 6.33. The number of nitrogens with zero attached hydrogens (tertiary/aromatic N) is 1. The first-order valence-corrected chi connectivity index (χ1v) is 8.98. The summed E-state index contributed by atoms with van der Waals surface area (Å²) in [7, 11) is 3.01. The van der Waals surface area contributed by atoms with E-state index in [0.29, 0.717) is 23.5 Å². The highest BCUT2D eigenvalue weighted by Crippen LogP contribution is 2.30. The maximum atomic E-state index is 13.8. The molecule has 0 aliphatic carbocycles. The first-order chi connectivity index (χ1) is 13.4. The van der Waals surface area contributed by atoms with Crippen LogP contribution in [-0.4, -0.2) is 49.8 Å². The van der Waals surface area contributed by atoms with Crippen molar-refractivity contribution in [1.82, 2.24) is 4.90 Å². The van der Waals surface area contributed by atoms with Crippen LogP contribution in [0.1, 0.15) is 27.9 Å². The molecule has 0 radical (unpaired) electrons. The van der Waals surface area contributed by atoms with Gasteiger partial charge in [-0.3, -0.25) is 4.79 Å². The van der Waals surface area contributed by atoms with Crippen LogP contribution >= 0.6 is 0 Å². The maximum Gasteiger partial charge on any atom is 0.254 e. The molecule has 0 bridgehead atoms. The molecule has 0 atom stereocenters. The number of amides is 1. The number of rotatable bonds is 9. The average molecular weight is 393 g/mol. The fourth-order valence-corrected chi connectivity index (χ4v) is 3.05. The Labute approximate surface area is 163 Å². The topological polar surface area (TPSA) is 59.0 Å². The molecule has 2 aromatic carbocycles. The highest BCUT2D eigenvalue weighted by molar-refractivity contribution is 5.95. The molecule has 7 heteroatoms. The summed E-state index contributed by atoms with van der Waals surface area (Å²) in [5.74, 6) is -0.499. The molecule has 0 spiro atoms. The minimum Gasteiger partial charge on any atom is -0.496 e. The van der Waals surface area contributed by atoms with Gasteiger partial charge >= 0.3 is 0 Å². The highest BCUT2D eigenvalue weighted by atomic mass is 19.1. The molecule has 1 amide bonds. The van der Waals surface area contributed by atoms with E-state index in [0.717, 1.165) is 5.56 Å². The molecule has 0 fully saturated rings. The molecule has 152 valence electrons. The smallest absolute Gasteiger partial charge is 0.254 e. The van der Waals surface area contributed by atoms with E-state index in [1.165, 1.54) is 37.3 Å². The number of hydrogen-bond donors (Lipinski definition) is 1. The van der Waals surface area contributed by atoms with Crippen LogP contribution in [0.4, 0.5) is 8.78 Å². The molecular weight excluding hydrogens is 368 g/mol. The van der Waals surface area contributed by atoms with Gasteiger partial charge in [-0.25, -0.2) is 8.78 Å². The largest absolute Gasteiger partial charge is 0.496 e. The lowest BCUT2D eigenvalue weighted by molar-refractivity contribution is 0.0719. The van der Waals surface area contributed by atoms with Crippen molar-refractivity contribution in [3.8, 4) is 11.5 Å². The summed E-state index contributed by atoms with van der Waals surface area (Å²) in [5, 5.41) is 9.32. The summed E-state index contributed by atoms with van der Waals surface area (Å²) in [6, 6.07) is 6.95. The zero-order valence-corrected chi connectivity index (χ0v) is 16.3. The molecule has 0 saturated carbocycles. The van der Waals surface area contributed by atoms with Crippen molar-refractivity contribution in [2.24, 2.45) is 0 Å². The lowest BCUT2D eigenvalue weighted by Gasteiger charge is -2.23. The van der Waals surface area contributed by atoms with Crippen molar-refractivity contribution in [1.29, 1.82) is 0 Å². The molecule has 5 nitrogen and oxygen atoms in total. The maximum absolute atomic E-state index is 13.8. The molecule has 0 unspecified atom stereocenters. The Morgan fingerprint density at radius 3 is 2.14 bits per heavy atom. The third-order valence-corrected chi connectivity index (χ3v) is 4.57. The Hall–Kier alpha value is -2.67. The number of aliphatic hydroxyl groups is 1. The molecule has 0 aliphatic rings. The van der Waals surface area contributed by atoms with Crippen LogP contribution in [0.15, 0.2) is 30.3 Å². The van der Waals surface area contributed by atoms with E-state index in [1.54, 1.807) is 12.1 Å². The van der Waals surface area contributed by atoms with Crippen molar-refractivity contribution in [3.63, 3.8) is 0 Å². The fraction of sp³-hybridized carbons (Fsp3) is 0.381. The number of aliphatic hydroxyl groups excluding tert-OH is 1. The van der Waals surface area contributed by atoms with Gasteiger partial charge < -0.3 is 19.5 Å². The molecule has 2 aromatic rings. The van der Waals surface area contributed by atoms with E-state index in [2.05, 4.69) is 0 Å². The van der Waals surface area contributed by atoms with Crippen molar-refractivity contribution >= 4 is 5.91 Å². The first-order valence-electron chi connectivity index (χ1n) is 8.98. The second-order valence-electron chi connectivity index (χ2n) is 6.33. The molecule has 0 aromatic heterocycles. The number of ether oxygens (including phenoxy) is 2. The lowest BCUT2D eigenvalue weighted by Crippen LogP contribution is -2.34. The molecule has 0 saturated heterocycles. The van der Waals surface area contributed by atoms with Crippen molar-refractivity contribution < 1.29 is 28.2 Å². The summed E-state index contributed by atoms with van der Waals surface area (Å²) in [6.07, 6.45) is 0.498. The summed E-state index contributed by atoms with van der Waals surface area (Å²) >= 11 is 0. The van der Waals surface area contributed by atoms with E-state index in [1.807, 2.05) is 6.92 Å². The number of benzene rings is 2. The summed E-state index contributed by atoms with van der Waals surface area (Å²) in [6.45, 7) is 1.95. The van der Waals surface area contributed by atoms with Gasteiger partial charge in [0.15, 0.2) is 0 Å². The van der Waals surface area contributed by atoms with Crippen LogP contribution < -0.4 is 9.47 Å². The van der Waals surface area contributed by atoms with E-state index < -0.39 is 11.6 Å². The SMILES string of the molecule is COc1cc(C(=O)N(CCO)CCCc2c(F)cccc2F)cc(OC)c1C. The van der Waals surface area contributed by atoms with Gasteiger partial charge in [0.2, 0.25) is 0 Å². The van der Waals surface area contributed by atoms with E-state index >= 15 is 0 Å². The van der Waals surface area contributed by atoms with E-state index in [9.17, 15) is 18.7 Å². The predicted molar refractivity (Wildman–Crippen MR) is 102 cm³/mol. The van der Waals surface area contributed by atoms with E-state index in [4.69, 9.17) is 9.47 Å². The van der Waals surface area contributed by atoms with E-state index in [-0.39, 0.29) is 37.6 Å². The average Bonchev–Trinajstić information content (AvgIpc) is 2.69. The van der Waals surface area contributed by atoms with Crippen LogP contribution in [0.5, 0.6) is 11.5 Å². The zero-order chi connectivity index (χ0) is 20.7. The Morgan fingerprint density at radius 1 is 1.07 bits per heavy atom. The van der Waals surface area contributed by atoms with Gasteiger partial charge in [-0.2, -0.15) is 0 Å². The number of carbonyl (C=O) groups is 1. The number of methoxy groups -OCH3 is 2. The molecular formula is C21H25F2NO4. The van der Waals surface area contributed by atoms with Gasteiger partial charge in [0.25, 0.3) is 5.91 Å². The van der Waals surface area contributed by atoms with Gasteiger partial charge in [-0.15, -0.1) is 0 Å². The zero-order valence-electron chi connectivity index (χ0n) is 16.3. The highest BCUT2D eigenvalue weighted by Gasteiger charge is 2.19. The second kappa shape index (κ2) is 10.0. The Balaban J connectivity index is 2.16. The van der Waals surface area contributed by atoms with Gasteiger partial charge in [-0.05, 0) is 44.0 Å². The molecule has 2 rings (SSSR count). The summed E-state index contributed by atoms with van der Waals surface area (Å²) in [5.41, 5.74) is 1.12. The Morgan fingerprint density at radius 2 is 1.64 bits per heavy atom. The first kappa shape index (κ1) is 21.6. The fourth-order valence-electron chi connectivity index (χ4n) is 3.05.